The van der Waals surface area contributed by atoms with E-state index in [1.807, 2.05) is 0 Å². The van der Waals surface area contributed by atoms with Crippen molar-refractivity contribution >= 4 is 50.8 Å². The molecule has 0 heterocycles. The van der Waals surface area contributed by atoms with Crippen LogP contribution in [0.2, 0.25) is 10.0 Å². The van der Waals surface area contributed by atoms with Crippen LogP contribution in [0.3, 0.4) is 0 Å². The van der Waals surface area contributed by atoms with Crippen molar-refractivity contribution in [2.45, 2.75) is 25.8 Å². The summed E-state index contributed by atoms with van der Waals surface area (Å²) in [6.45, 7) is 3.03. The lowest BCUT2D eigenvalue weighted by molar-refractivity contribution is -0.142. The second kappa shape index (κ2) is 10.9. The molecular weight excluding hydrogens is 527 g/mol. The van der Waals surface area contributed by atoms with Crippen molar-refractivity contribution in [1.82, 2.24) is 4.72 Å². The molecule has 0 aliphatic rings. The lowest BCUT2D eigenvalue weighted by Gasteiger charge is -2.22. The molecule has 0 unspecified atom stereocenters. The van der Waals surface area contributed by atoms with E-state index < -0.39 is 21.4 Å². The minimum absolute atomic E-state index is 0.0878. The number of halogens is 2. The number of sulfonamides is 1. The number of carboxylic acid groups (broad SMARTS) is 1. The first-order valence-corrected chi connectivity index (χ1v) is 13.3. The fourth-order valence-corrected chi connectivity index (χ4v) is 3.83. The van der Waals surface area contributed by atoms with Gasteiger partial charge in [0, 0.05) is 23.4 Å². The van der Waals surface area contributed by atoms with Crippen LogP contribution in [0.5, 0.6) is 11.5 Å². The highest BCUT2D eigenvalue weighted by Gasteiger charge is 2.30. The molecule has 36 heavy (non-hydrogen) atoms. The zero-order valence-electron chi connectivity index (χ0n) is 19.6. The van der Waals surface area contributed by atoms with Crippen molar-refractivity contribution in [1.29, 1.82) is 0 Å². The van der Waals surface area contributed by atoms with Crippen molar-refractivity contribution in [3.05, 3.63) is 87.4 Å². The highest BCUT2D eigenvalue weighted by Crippen LogP contribution is 2.32. The molecule has 3 aromatic rings. The van der Waals surface area contributed by atoms with E-state index in [2.05, 4.69) is 10.0 Å². The van der Waals surface area contributed by atoms with Crippen molar-refractivity contribution in [3.8, 4) is 11.5 Å². The SMILES string of the molecule is CC(C)(C(=O)O)c1ccc(Oc2ccc(NC(=O)c3ccc(Cl)c(Cl)c3)cc2)c(CNS(C)(=O)=O)c1. The average Bonchev–Trinajstić information content (AvgIpc) is 2.80. The van der Waals surface area contributed by atoms with Gasteiger partial charge in [-0.05, 0) is 74.0 Å². The summed E-state index contributed by atoms with van der Waals surface area (Å²) in [5.74, 6) is -0.609. The number of benzene rings is 3. The Balaban J connectivity index is 1.81. The molecule has 3 aromatic carbocycles. The monoisotopic (exact) mass is 550 g/mol. The number of aliphatic carboxylic acids is 1. The normalized spacial score (nSPS) is 11.7. The number of hydrogen-bond acceptors (Lipinski definition) is 5. The third kappa shape index (κ3) is 6.98. The molecule has 0 fully saturated rings. The highest BCUT2D eigenvalue weighted by molar-refractivity contribution is 7.88. The number of carbonyl (C=O) groups is 2. The number of anilines is 1. The van der Waals surface area contributed by atoms with Gasteiger partial charge in [0.15, 0.2) is 0 Å². The third-order valence-electron chi connectivity index (χ3n) is 5.36. The minimum atomic E-state index is -3.50. The molecule has 0 saturated heterocycles. The van der Waals surface area contributed by atoms with Gasteiger partial charge in [-0.2, -0.15) is 0 Å². The van der Waals surface area contributed by atoms with Gasteiger partial charge in [0.25, 0.3) is 5.91 Å². The number of hydrogen-bond donors (Lipinski definition) is 3. The van der Waals surface area contributed by atoms with Crippen LogP contribution >= 0.6 is 23.2 Å². The number of amides is 1. The number of ether oxygens (including phenoxy) is 1. The van der Waals surface area contributed by atoms with Crippen LogP contribution in [0.25, 0.3) is 0 Å². The fourth-order valence-electron chi connectivity index (χ4n) is 3.11. The van der Waals surface area contributed by atoms with E-state index in [0.717, 1.165) is 6.26 Å². The lowest BCUT2D eigenvalue weighted by atomic mass is 9.84. The molecule has 8 nitrogen and oxygen atoms in total. The second-order valence-electron chi connectivity index (χ2n) is 8.56. The minimum Gasteiger partial charge on any atom is -0.481 e. The predicted octanol–water partition coefficient (Wildman–Crippen LogP) is 5.45. The molecule has 0 aromatic heterocycles. The van der Waals surface area contributed by atoms with Crippen molar-refractivity contribution in [2.75, 3.05) is 11.6 Å². The first-order valence-electron chi connectivity index (χ1n) is 10.6. The molecule has 190 valence electrons. The van der Waals surface area contributed by atoms with Gasteiger partial charge in [-0.1, -0.05) is 29.3 Å². The summed E-state index contributed by atoms with van der Waals surface area (Å²) in [5.41, 5.74) is 0.623. The highest BCUT2D eigenvalue weighted by atomic mass is 35.5. The second-order valence-corrected chi connectivity index (χ2v) is 11.2. The van der Waals surface area contributed by atoms with E-state index in [9.17, 15) is 23.1 Å². The lowest BCUT2D eigenvalue weighted by Crippen LogP contribution is -2.29. The Bertz CT molecular complexity index is 1410. The summed E-state index contributed by atoms with van der Waals surface area (Å²) in [5, 5.41) is 12.9. The topological polar surface area (TPSA) is 122 Å². The van der Waals surface area contributed by atoms with E-state index in [0.29, 0.717) is 38.9 Å². The molecular formula is C25H24Cl2N2O6S. The van der Waals surface area contributed by atoms with Crippen LogP contribution in [-0.4, -0.2) is 31.7 Å². The van der Waals surface area contributed by atoms with Crippen molar-refractivity contribution in [2.24, 2.45) is 0 Å². The molecule has 3 N–H and O–H groups in total. The largest absolute Gasteiger partial charge is 0.481 e. The molecule has 3 rings (SSSR count). The summed E-state index contributed by atoms with van der Waals surface area (Å²) in [6, 6.07) is 15.9. The molecule has 0 atom stereocenters. The Morgan fingerprint density at radius 1 is 0.972 bits per heavy atom. The summed E-state index contributed by atoms with van der Waals surface area (Å²) < 4.78 is 31.6. The first kappa shape index (κ1) is 27.5. The van der Waals surface area contributed by atoms with Gasteiger partial charge < -0.3 is 15.2 Å². The zero-order valence-corrected chi connectivity index (χ0v) is 22.0. The zero-order chi connectivity index (χ0) is 26.7. The fraction of sp³-hybridized carbons (Fsp3) is 0.200. The maximum Gasteiger partial charge on any atom is 0.313 e. The standard InChI is InChI=1S/C25H24Cl2N2O6S/c1-25(2,24(31)32)17-5-11-22(16(12-17)14-28-36(3,33)34)35-19-8-6-18(7-9-19)29-23(30)15-4-10-20(26)21(27)13-15/h4-13,28H,14H2,1-3H3,(H,29,30)(H,31,32). The van der Waals surface area contributed by atoms with Gasteiger partial charge in [-0.3, -0.25) is 9.59 Å². The van der Waals surface area contributed by atoms with E-state index >= 15 is 0 Å². The Morgan fingerprint density at radius 3 is 2.22 bits per heavy atom. The Morgan fingerprint density at radius 2 is 1.64 bits per heavy atom. The maximum absolute atomic E-state index is 12.5. The van der Waals surface area contributed by atoms with Gasteiger partial charge in [0.05, 0.1) is 21.7 Å². The molecule has 11 heteroatoms. The first-order chi connectivity index (χ1) is 16.8. The predicted molar refractivity (Wildman–Crippen MR) is 140 cm³/mol. The van der Waals surface area contributed by atoms with Crippen molar-refractivity contribution in [3.63, 3.8) is 0 Å². The molecule has 0 aliphatic heterocycles. The quantitative estimate of drug-likeness (QED) is 0.325. The summed E-state index contributed by atoms with van der Waals surface area (Å²) in [7, 11) is -3.50. The van der Waals surface area contributed by atoms with Gasteiger partial charge >= 0.3 is 5.97 Å². The molecule has 0 spiro atoms. The Labute approximate surface area is 219 Å². The molecule has 0 radical (unpaired) electrons. The Kier molecular flexibility index (Phi) is 8.30. The van der Waals surface area contributed by atoms with E-state index in [4.69, 9.17) is 27.9 Å². The summed E-state index contributed by atoms with van der Waals surface area (Å²) in [4.78, 5) is 24.1. The third-order valence-corrected chi connectivity index (χ3v) is 6.77. The smallest absolute Gasteiger partial charge is 0.313 e. The molecule has 0 aliphatic carbocycles. The molecule has 0 bridgehead atoms. The van der Waals surface area contributed by atoms with Gasteiger partial charge in [0.1, 0.15) is 11.5 Å². The summed E-state index contributed by atoms with van der Waals surface area (Å²) in [6.07, 6.45) is 1.03. The van der Waals surface area contributed by atoms with E-state index in [1.165, 1.54) is 12.1 Å². The van der Waals surface area contributed by atoms with Crippen molar-refractivity contribution < 1.29 is 27.9 Å². The van der Waals surface area contributed by atoms with Crippen LogP contribution in [0.4, 0.5) is 5.69 Å². The van der Waals surface area contributed by atoms with Crippen LogP contribution in [0.15, 0.2) is 60.7 Å². The molecule has 0 saturated carbocycles. The number of carbonyl (C=O) groups excluding carboxylic acids is 1. The van der Waals surface area contributed by atoms with Crippen LogP contribution in [0, 0.1) is 0 Å². The number of carboxylic acids is 1. The maximum atomic E-state index is 12.5. The number of nitrogens with one attached hydrogen (secondary N) is 2. The van der Waals surface area contributed by atoms with Crippen LogP contribution in [0.1, 0.15) is 35.3 Å². The van der Waals surface area contributed by atoms with Crippen LogP contribution < -0.4 is 14.8 Å². The van der Waals surface area contributed by atoms with Crippen LogP contribution in [-0.2, 0) is 26.8 Å². The van der Waals surface area contributed by atoms with E-state index in [1.54, 1.807) is 62.4 Å². The van der Waals surface area contributed by atoms with Gasteiger partial charge in [-0.15, -0.1) is 0 Å². The Hall–Kier alpha value is -3.11. The van der Waals surface area contributed by atoms with E-state index in [-0.39, 0.29) is 17.5 Å². The molecule has 1 amide bonds. The average molecular weight is 551 g/mol. The summed E-state index contributed by atoms with van der Waals surface area (Å²) >= 11 is 11.9. The van der Waals surface area contributed by atoms with Gasteiger partial charge in [-0.25, -0.2) is 13.1 Å². The van der Waals surface area contributed by atoms with Gasteiger partial charge in [0.2, 0.25) is 10.0 Å². The number of rotatable bonds is 9.